The average molecular weight is 240 g/mol. The van der Waals surface area contributed by atoms with Crippen molar-refractivity contribution in [3.63, 3.8) is 0 Å². The maximum absolute atomic E-state index is 10.7. The average Bonchev–Trinajstić information content (AvgIpc) is 3.09. The molecule has 0 spiro atoms. The smallest absolute Gasteiger partial charge is 0.545 e. The van der Waals surface area contributed by atoms with E-state index in [1.54, 1.807) is 7.11 Å². The molecule has 0 aromatic heterocycles. The Kier molecular flexibility index (Phi) is 5.25. The molecule has 1 aromatic rings. The molecule has 0 heterocycles. The monoisotopic (exact) mass is 240 g/mol. The van der Waals surface area contributed by atoms with Crippen molar-refractivity contribution in [3.05, 3.63) is 35.9 Å². The number of hydrogen-bond donors (Lipinski definition) is 0. The molecule has 2 rings (SSSR count). The maximum atomic E-state index is 10.7. The molecule has 4 heteroatoms. The zero-order valence-corrected chi connectivity index (χ0v) is 12.1. The molecule has 0 unspecified atom stereocenters. The van der Waals surface area contributed by atoms with Crippen LogP contribution in [0.1, 0.15) is 18.4 Å². The summed E-state index contributed by atoms with van der Waals surface area (Å²) in [5, 5.41) is 10.7. The molecule has 0 N–H and O–H groups in total. The minimum absolute atomic E-state index is 0. The van der Waals surface area contributed by atoms with E-state index in [1.807, 2.05) is 24.3 Å². The van der Waals surface area contributed by atoms with Crippen molar-refractivity contribution < 1.29 is 44.2 Å². The van der Waals surface area contributed by atoms with Crippen molar-refractivity contribution in [2.24, 2.45) is 5.92 Å². The number of rotatable bonds is 4. The van der Waals surface area contributed by atoms with Gasteiger partial charge in [0.15, 0.2) is 0 Å². The Morgan fingerprint density at radius 3 is 2.71 bits per heavy atom. The van der Waals surface area contributed by atoms with Crippen LogP contribution in [0.25, 0.3) is 5.57 Å². The van der Waals surface area contributed by atoms with Gasteiger partial charge in [0.25, 0.3) is 0 Å². The number of methoxy groups -OCH3 is 1. The zero-order valence-electron chi connectivity index (χ0n) is 10.1. The Balaban J connectivity index is 0.00000144. The third-order valence-corrected chi connectivity index (χ3v) is 2.69. The molecule has 0 saturated heterocycles. The van der Waals surface area contributed by atoms with E-state index >= 15 is 0 Å². The van der Waals surface area contributed by atoms with Crippen LogP contribution < -0.4 is 39.4 Å². The van der Waals surface area contributed by atoms with Gasteiger partial charge in [0.05, 0.1) is 13.1 Å². The largest absolute Gasteiger partial charge is 1.00 e. The Morgan fingerprint density at radius 2 is 2.18 bits per heavy atom. The van der Waals surface area contributed by atoms with E-state index in [1.165, 1.54) is 6.08 Å². The molecule has 17 heavy (non-hydrogen) atoms. The van der Waals surface area contributed by atoms with Gasteiger partial charge in [-0.1, -0.05) is 12.1 Å². The third-order valence-electron chi connectivity index (χ3n) is 2.69. The van der Waals surface area contributed by atoms with Gasteiger partial charge in [-0.2, -0.15) is 0 Å². The van der Waals surface area contributed by atoms with E-state index in [-0.39, 0.29) is 29.6 Å². The molecule has 1 saturated carbocycles. The molecule has 1 aliphatic rings. The number of benzene rings is 1. The SMILES string of the molecule is COc1cccc(C(=CC(=O)[O-])C2CC2)c1.[Na+]. The molecule has 0 bridgehead atoms. The Bertz CT molecular complexity index is 436. The summed E-state index contributed by atoms with van der Waals surface area (Å²) in [4.78, 5) is 10.7. The fourth-order valence-corrected chi connectivity index (χ4v) is 1.76. The van der Waals surface area contributed by atoms with E-state index in [0.717, 1.165) is 29.7 Å². The van der Waals surface area contributed by atoms with E-state index in [0.29, 0.717) is 5.92 Å². The van der Waals surface area contributed by atoms with Gasteiger partial charge in [-0.25, -0.2) is 0 Å². The van der Waals surface area contributed by atoms with Gasteiger partial charge in [-0.3, -0.25) is 0 Å². The number of hydrogen-bond acceptors (Lipinski definition) is 3. The van der Waals surface area contributed by atoms with Gasteiger partial charge in [-0.05, 0) is 48.1 Å². The van der Waals surface area contributed by atoms with Gasteiger partial charge in [0.1, 0.15) is 5.75 Å². The van der Waals surface area contributed by atoms with Crippen LogP contribution in [0.2, 0.25) is 0 Å². The van der Waals surface area contributed by atoms with Crippen LogP contribution in [-0.2, 0) is 4.79 Å². The molecule has 84 valence electrons. The number of carboxylic acid groups (broad SMARTS) is 1. The predicted molar refractivity (Wildman–Crippen MR) is 58.7 cm³/mol. The molecule has 1 aromatic carbocycles. The molecule has 0 radical (unpaired) electrons. The molecule has 0 amide bonds. The summed E-state index contributed by atoms with van der Waals surface area (Å²) in [6.07, 6.45) is 3.30. The van der Waals surface area contributed by atoms with Gasteiger partial charge in [0.2, 0.25) is 0 Å². The number of aliphatic carboxylic acids is 1. The summed E-state index contributed by atoms with van der Waals surface area (Å²) in [5.74, 6) is -0.0304. The maximum Gasteiger partial charge on any atom is 1.00 e. The normalized spacial score (nSPS) is 15.0. The molecular formula is C13H13NaO3. The molecule has 1 fully saturated rings. The first-order chi connectivity index (χ1) is 7.70. The van der Waals surface area contributed by atoms with Crippen LogP contribution in [0.4, 0.5) is 0 Å². The van der Waals surface area contributed by atoms with Crippen molar-refractivity contribution in [1.29, 1.82) is 0 Å². The van der Waals surface area contributed by atoms with Crippen molar-refractivity contribution in [1.82, 2.24) is 0 Å². The van der Waals surface area contributed by atoms with Crippen LogP contribution >= 0.6 is 0 Å². The molecular weight excluding hydrogens is 227 g/mol. The topological polar surface area (TPSA) is 49.4 Å². The summed E-state index contributed by atoms with van der Waals surface area (Å²) in [6.45, 7) is 0. The second kappa shape index (κ2) is 6.24. The second-order valence-corrected chi connectivity index (χ2v) is 3.92. The van der Waals surface area contributed by atoms with Gasteiger partial charge >= 0.3 is 29.6 Å². The predicted octanol–water partition coefficient (Wildman–Crippen LogP) is -1.76. The Labute approximate surface area is 123 Å². The van der Waals surface area contributed by atoms with Crippen LogP contribution in [0.15, 0.2) is 30.3 Å². The van der Waals surface area contributed by atoms with Crippen LogP contribution in [0.3, 0.4) is 0 Å². The number of carbonyl (C=O) groups excluding carboxylic acids is 1. The first-order valence-electron chi connectivity index (χ1n) is 5.27. The fraction of sp³-hybridized carbons (Fsp3) is 0.308. The van der Waals surface area contributed by atoms with Gasteiger partial charge in [-0.15, -0.1) is 0 Å². The van der Waals surface area contributed by atoms with E-state index in [9.17, 15) is 9.90 Å². The molecule has 1 aliphatic carbocycles. The summed E-state index contributed by atoms with van der Waals surface area (Å²) in [7, 11) is 1.60. The first kappa shape index (κ1) is 14.3. The number of carbonyl (C=O) groups is 1. The minimum atomic E-state index is -1.13. The summed E-state index contributed by atoms with van der Waals surface area (Å²) >= 11 is 0. The zero-order chi connectivity index (χ0) is 11.5. The van der Waals surface area contributed by atoms with Crippen molar-refractivity contribution in [2.75, 3.05) is 7.11 Å². The second-order valence-electron chi connectivity index (χ2n) is 3.92. The van der Waals surface area contributed by atoms with Gasteiger partial charge in [0, 0.05) is 0 Å². The van der Waals surface area contributed by atoms with Crippen molar-refractivity contribution in [3.8, 4) is 5.75 Å². The minimum Gasteiger partial charge on any atom is -0.545 e. The quantitative estimate of drug-likeness (QED) is 0.463. The number of ether oxygens (including phenoxy) is 1. The fourth-order valence-electron chi connectivity index (χ4n) is 1.76. The van der Waals surface area contributed by atoms with Crippen LogP contribution in [-0.4, -0.2) is 13.1 Å². The summed E-state index contributed by atoms with van der Waals surface area (Å²) in [6, 6.07) is 7.45. The van der Waals surface area contributed by atoms with Crippen LogP contribution in [0.5, 0.6) is 5.75 Å². The number of allylic oxidation sites excluding steroid dienone is 1. The van der Waals surface area contributed by atoms with Gasteiger partial charge < -0.3 is 14.6 Å². The molecule has 0 aliphatic heterocycles. The molecule has 3 nitrogen and oxygen atoms in total. The summed E-state index contributed by atoms with van der Waals surface area (Å²) in [5.41, 5.74) is 1.75. The van der Waals surface area contributed by atoms with E-state index in [2.05, 4.69) is 0 Å². The molecule has 0 atom stereocenters. The summed E-state index contributed by atoms with van der Waals surface area (Å²) < 4.78 is 5.12. The Hall–Kier alpha value is -0.770. The van der Waals surface area contributed by atoms with Crippen LogP contribution in [0, 0.1) is 5.92 Å². The van der Waals surface area contributed by atoms with E-state index in [4.69, 9.17) is 4.74 Å². The Morgan fingerprint density at radius 1 is 1.47 bits per heavy atom. The van der Waals surface area contributed by atoms with Crippen molar-refractivity contribution >= 4 is 11.5 Å². The standard InChI is InChI=1S/C13H14O3.Na/c1-16-11-4-2-3-10(7-11)12(8-13(14)15)9-5-6-9;/h2-4,7-9H,5-6H2,1H3,(H,14,15);/q;+1/p-1. The van der Waals surface area contributed by atoms with Crippen molar-refractivity contribution in [2.45, 2.75) is 12.8 Å². The first-order valence-corrected chi connectivity index (χ1v) is 5.27. The number of carboxylic acids is 1. The third kappa shape index (κ3) is 3.87. The van der Waals surface area contributed by atoms with E-state index < -0.39 is 5.97 Å².